The lowest BCUT2D eigenvalue weighted by Crippen LogP contribution is -2.20. The maximum atomic E-state index is 13.5. The normalized spacial score (nSPS) is 10.2. The van der Waals surface area contributed by atoms with Gasteiger partial charge in [0, 0.05) is 15.2 Å². The van der Waals surface area contributed by atoms with E-state index in [0.717, 1.165) is 12.1 Å². The molecule has 0 saturated carbocycles. The lowest BCUT2D eigenvalue weighted by atomic mass is 10.3. The van der Waals surface area contributed by atoms with Gasteiger partial charge in [0.1, 0.15) is 5.69 Å². The van der Waals surface area contributed by atoms with Gasteiger partial charge in [0.15, 0.2) is 11.6 Å². The third-order valence-corrected chi connectivity index (χ3v) is 3.06. The molecule has 0 aliphatic rings. The molecule has 2 rings (SSSR count). The van der Waals surface area contributed by atoms with E-state index < -0.39 is 23.4 Å². The number of anilines is 2. The van der Waals surface area contributed by atoms with Gasteiger partial charge in [0.2, 0.25) is 0 Å². The van der Waals surface area contributed by atoms with Crippen molar-refractivity contribution in [1.29, 1.82) is 0 Å². The molecule has 0 spiro atoms. The maximum absolute atomic E-state index is 13.5. The van der Waals surface area contributed by atoms with E-state index >= 15 is 0 Å². The van der Waals surface area contributed by atoms with Crippen molar-refractivity contribution in [2.75, 3.05) is 10.6 Å². The molecule has 2 amide bonds. The third kappa shape index (κ3) is 3.68. The summed E-state index contributed by atoms with van der Waals surface area (Å²) in [4.78, 5) is 11.7. The zero-order chi connectivity index (χ0) is 14.7. The first-order valence-electron chi connectivity index (χ1n) is 5.44. The summed E-state index contributed by atoms with van der Waals surface area (Å²) in [6, 6.07) is 7.65. The van der Waals surface area contributed by atoms with Gasteiger partial charge in [-0.1, -0.05) is 27.5 Å². The fourth-order valence-electron chi connectivity index (χ4n) is 1.47. The second-order valence-corrected chi connectivity index (χ2v) is 5.18. The first kappa shape index (κ1) is 14.7. The molecule has 0 heterocycles. The predicted octanol–water partition coefficient (Wildman–Crippen LogP) is 5.02. The molecule has 0 bridgehead atoms. The number of urea groups is 1. The molecule has 0 aliphatic heterocycles. The van der Waals surface area contributed by atoms with Crippen LogP contribution < -0.4 is 10.6 Å². The molecule has 0 unspecified atom stereocenters. The van der Waals surface area contributed by atoms with Crippen LogP contribution in [-0.2, 0) is 0 Å². The Kier molecular flexibility index (Phi) is 4.57. The van der Waals surface area contributed by atoms with Crippen molar-refractivity contribution in [2.45, 2.75) is 0 Å². The number of carbonyl (C=O) groups is 1. The Morgan fingerprint density at radius 2 is 1.60 bits per heavy atom. The molecule has 0 atom stereocenters. The highest BCUT2D eigenvalue weighted by atomic mass is 79.9. The zero-order valence-corrected chi connectivity index (χ0v) is 12.2. The van der Waals surface area contributed by atoms with E-state index in [0.29, 0.717) is 10.7 Å². The van der Waals surface area contributed by atoms with Gasteiger partial charge in [0.25, 0.3) is 0 Å². The summed E-state index contributed by atoms with van der Waals surface area (Å²) in [7, 11) is 0. The Morgan fingerprint density at radius 1 is 1.05 bits per heavy atom. The van der Waals surface area contributed by atoms with Gasteiger partial charge in [-0.15, -0.1) is 0 Å². The lowest BCUT2D eigenvalue weighted by Gasteiger charge is -2.09. The average Bonchev–Trinajstić information content (AvgIpc) is 2.36. The van der Waals surface area contributed by atoms with Gasteiger partial charge < -0.3 is 10.6 Å². The summed E-state index contributed by atoms with van der Waals surface area (Å²) >= 11 is 8.66. The van der Waals surface area contributed by atoms with Crippen molar-refractivity contribution in [2.24, 2.45) is 0 Å². The van der Waals surface area contributed by atoms with E-state index in [1.54, 1.807) is 24.3 Å². The smallest absolute Gasteiger partial charge is 0.308 e. The minimum absolute atomic E-state index is 0.246. The Morgan fingerprint density at radius 3 is 2.15 bits per heavy atom. The molecule has 7 heteroatoms. The standard InChI is InChI=1S/C13H8BrClF2N2O/c14-7-5-10(16)12(11(17)6-7)19-13(20)18-9-3-1-8(15)2-4-9/h1-6H,(H2,18,19,20). The van der Waals surface area contributed by atoms with Crippen LogP contribution in [0.15, 0.2) is 40.9 Å². The number of hydrogen-bond donors (Lipinski definition) is 2. The summed E-state index contributed by atoms with van der Waals surface area (Å²) in [5.41, 5.74) is -0.0653. The first-order chi connectivity index (χ1) is 9.45. The van der Waals surface area contributed by atoms with Crippen molar-refractivity contribution >= 4 is 44.9 Å². The van der Waals surface area contributed by atoms with Crippen molar-refractivity contribution in [3.63, 3.8) is 0 Å². The molecular formula is C13H8BrClF2N2O. The molecule has 0 aliphatic carbocycles. The van der Waals surface area contributed by atoms with Crippen molar-refractivity contribution < 1.29 is 13.6 Å². The Hall–Kier alpha value is -1.66. The Bertz CT molecular complexity index is 626. The molecule has 0 fully saturated rings. The van der Waals surface area contributed by atoms with E-state index in [9.17, 15) is 13.6 Å². The van der Waals surface area contributed by atoms with Gasteiger partial charge in [0.05, 0.1) is 0 Å². The van der Waals surface area contributed by atoms with Crippen LogP contribution in [0, 0.1) is 11.6 Å². The second kappa shape index (κ2) is 6.19. The fraction of sp³-hybridized carbons (Fsp3) is 0. The average molecular weight is 362 g/mol. The van der Waals surface area contributed by atoms with Gasteiger partial charge in [-0.25, -0.2) is 13.6 Å². The summed E-state index contributed by atoms with van der Waals surface area (Å²) in [6.45, 7) is 0. The Labute approximate surface area is 127 Å². The molecule has 104 valence electrons. The Balaban J connectivity index is 2.10. The molecule has 0 aromatic heterocycles. The van der Waals surface area contributed by atoms with E-state index in [-0.39, 0.29) is 4.47 Å². The number of rotatable bonds is 2. The van der Waals surface area contributed by atoms with Gasteiger partial charge in [-0.3, -0.25) is 0 Å². The van der Waals surface area contributed by atoms with Crippen LogP contribution in [-0.4, -0.2) is 6.03 Å². The van der Waals surface area contributed by atoms with Gasteiger partial charge in [-0.05, 0) is 36.4 Å². The quantitative estimate of drug-likeness (QED) is 0.774. The summed E-state index contributed by atoms with van der Waals surface area (Å²) in [6.07, 6.45) is 0. The van der Waals surface area contributed by atoms with Crippen LogP contribution in [0.25, 0.3) is 0 Å². The summed E-state index contributed by atoms with van der Waals surface area (Å²) < 4.78 is 27.3. The minimum Gasteiger partial charge on any atom is -0.308 e. The van der Waals surface area contributed by atoms with Crippen molar-refractivity contribution in [3.05, 3.63) is 57.5 Å². The van der Waals surface area contributed by atoms with Gasteiger partial charge in [-0.2, -0.15) is 0 Å². The van der Waals surface area contributed by atoms with E-state index in [2.05, 4.69) is 26.6 Å². The molecule has 0 saturated heterocycles. The molecular weight excluding hydrogens is 354 g/mol. The molecule has 20 heavy (non-hydrogen) atoms. The van der Waals surface area contributed by atoms with Gasteiger partial charge >= 0.3 is 6.03 Å². The number of halogens is 4. The van der Waals surface area contributed by atoms with E-state index in [1.165, 1.54) is 0 Å². The topological polar surface area (TPSA) is 41.1 Å². The second-order valence-electron chi connectivity index (χ2n) is 3.83. The van der Waals surface area contributed by atoms with Crippen molar-refractivity contribution in [3.8, 4) is 0 Å². The highest BCUT2D eigenvalue weighted by molar-refractivity contribution is 9.10. The number of benzene rings is 2. The molecule has 2 aromatic rings. The third-order valence-electron chi connectivity index (χ3n) is 2.35. The number of hydrogen-bond acceptors (Lipinski definition) is 1. The first-order valence-corrected chi connectivity index (χ1v) is 6.61. The van der Waals surface area contributed by atoms with E-state index in [4.69, 9.17) is 11.6 Å². The SMILES string of the molecule is O=C(Nc1ccc(Cl)cc1)Nc1c(F)cc(Br)cc1F. The van der Waals surface area contributed by atoms with Crippen LogP contribution in [0.5, 0.6) is 0 Å². The van der Waals surface area contributed by atoms with Crippen LogP contribution in [0.3, 0.4) is 0 Å². The molecule has 2 aromatic carbocycles. The lowest BCUT2D eigenvalue weighted by molar-refractivity contribution is 0.262. The predicted molar refractivity (Wildman–Crippen MR) is 78.2 cm³/mol. The van der Waals surface area contributed by atoms with Crippen LogP contribution in [0.1, 0.15) is 0 Å². The maximum Gasteiger partial charge on any atom is 0.323 e. The monoisotopic (exact) mass is 360 g/mol. The largest absolute Gasteiger partial charge is 0.323 e. The molecule has 0 radical (unpaired) electrons. The van der Waals surface area contributed by atoms with Crippen molar-refractivity contribution in [1.82, 2.24) is 0 Å². The zero-order valence-electron chi connectivity index (χ0n) is 9.88. The summed E-state index contributed by atoms with van der Waals surface area (Å²) in [5, 5.41) is 5.06. The molecule has 3 nitrogen and oxygen atoms in total. The summed E-state index contributed by atoms with van der Waals surface area (Å²) in [5.74, 6) is -1.74. The fourth-order valence-corrected chi connectivity index (χ4v) is 2.00. The van der Waals surface area contributed by atoms with Crippen LogP contribution in [0.4, 0.5) is 25.0 Å². The number of nitrogens with one attached hydrogen (secondary N) is 2. The number of carbonyl (C=O) groups excluding carboxylic acids is 1. The van der Waals surface area contributed by atoms with Crippen LogP contribution in [0.2, 0.25) is 5.02 Å². The highest BCUT2D eigenvalue weighted by Crippen LogP contribution is 2.24. The number of amides is 2. The molecule has 2 N–H and O–H groups in total. The minimum atomic E-state index is -0.872. The van der Waals surface area contributed by atoms with E-state index in [1.807, 2.05) is 0 Å². The van der Waals surface area contributed by atoms with Crippen LogP contribution >= 0.6 is 27.5 Å². The highest BCUT2D eigenvalue weighted by Gasteiger charge is 2.13.